The Morgan fingerprint density at radius 3 is 2.63 bits per heavy atom. The number of nitrogens with two attached hydrogens (primary N) is 1. The third kappa shape index (κ3) is 4.57. The molecule has 9 heteroatoms. The standard InChI is InChI=1S/C9H9F.C9H10N6O2/c10-9-5-4-7-2-1-3-8(7)6-9;1-5-4-8(14-13-5)11-7-3-2-6(15(16)17)9(10)12-7/h4-6H,1-3H2;2-4H,1H3,(H4,10,11,12,13,14). The number of benzene rings is 1. The van der Waals surface area contributed by atoms with Crippen molar-refractivity contribution in [1.82, 2.24) is 15.2 Å². The van der Waals surface area contributed by atoms with Crippen molar-refractivity contribution in [2.24, 2.45) is 0 Å². The van der Waals surface area contributed by atoms with Crippen molar-refractivity contribution in [2.75, 3.05) is 11.1 Å². The lowest BCUT2D eigenvalue weighted by molar-refractivity contribution is -0.384. The predicted molar refractivity (Wildman–Crippen MR) is 100 cm³/mol. The first-order valence-corrected chi connectivity index (χ1v) is 8.39. The van der Waals surface area contributed by atoms with Gasteiger partial charge < -0.3 is 11.1 Å². The maximum atomic E-state index is 12.6. The van der Waals surface area contributed by atoms with Gasteiger partial charge >= 0.3 is 5.69 Å². The molecule has 3 aromatic rings. The normalized spacial score (nSPS) is 12.1. The number of hydrogen-bond donors (Lipinski definition) is 3. The van der Waals surface area contributed by atoms with Crippen LogP contribution >= 0.6 is 0 Å². The first-order valence-electron chi connectivity index (χ1n) is 8.39. The summed E-state index contributed by atoms with van der Waals surface area (Å²) in [7, 11) is 0. The van der Waals surface area contributed by atoms with Gasteiger partial charge in [-0.15, -0.1) is 0 Å². The second-order valence-electron chi connectivity index (χ2n) is 6.19. The molecule has 4 rings (SSSR count). The second-order valence-corrected chi connectivity index (χ2v) is 6.19. The number of nitrogens with one attached hydrogen (secondary N) is 2. The molecule has 1 aliphatic carbocycles. The highest BCUT2D eigenvalue weighted by Gasteiger charge is 2.13. The summed E-state index contributed by atoms with van der Waals surface area (Å²) in [4.78, 5) is 13.8. The molecule has 0 spiro atoms. The number of nitro groups is 1. The second kappa shape index (κ2) is 7.81. The summed E-state index contributed by atoms with van der Waals surface area (Å²) in [6, 6.07) is 9.64. The molecule has 1 aromatic carbocycles. The summed E-state index contributed by atoms with van der Waals surface area (Å²) in [6.07, 6.45) is 3.39. The van der Waals surface area contributed by atoms with Crippen LogP contribution in [0.15, 0.2) is 36.4 Å². The van der Waals surface area contributed by atoms with Gasteiger partial charge in [-0.1, -0.05) is 6.07 Å². The van der Waals surface area contributed by atoms with Crippen molar-refractivity contribution in [1.29, 1.82) is 0 Å². The number of pyridine rings is 1. The van der Waals surface area contributed by atoms with E-state index in [-0.39, 0.29) is 17.3 Å². The van der Waals surface area contributed by atoms with E-state index in [1.54, 1.807) is 18.2 Å². The van der Waals surface area contributed by atoms with Crippen LogP contribution in [0.2, 0.25) is 0 Å². The number of aromatic amines is 1. The molecule has 1 aliphatic rings. The number of fused-ring (bicyclic) bond motifs is 1. The molecular weight excluding hydrogens is 351 g/mol. The van der Waals surface area contributed by atoms with Gasteiger partial charge in [0.05, 0.1) is 4.92 Å². The predicted octanol–water partition coefficient (Wildman–Crippen LogP) is 3.66. The zero-order chi connectivity index (χ0) is 19.4. The number of nitrogens with zero attached hydrogens (tertiary/aromatic N) is 3. The van der Waals surface area contributed by atoms with Crippen molar-refractivity contribution in [3.8, 4) is 0 Å². The Labute approximate surface area is 154 Å². The van der Waals surface area contributed by atoms with Crippen LogP contribution in [0.1, 0.15) is 23.2 Å². The van der Waals surface area contributed by atoms with E-state index in [0.717, 1.165) is 18.5 Å². The summed E-state index contributed by atoms with van der Waals surface area (Å²) in [5.41, 5.74) is 8.68. The third-order valence-corrected chi connectivity index (χ3v) is 4.12. The van der Waals surface area contributed by atoms with Gasteiger partial charge in [-0.3, -0.25) is 15.2 Å². The number of aryl methyl sites for hydroxylation is 3. The monoisotopic (exact) mass is 370 g/mol. The van der Waals surface area contributed by atoms with Crippen molar-refractivity contribution in [3.05, 3.63) is 69.2 Å². The highest BCUT2D eigenvalue weighted by Crippen LogP contribution is 2.23. The zero-order valence-electron chi connectivity index (χ0n) is 14.7. The SMILES string of the molecule is Cc1cc(Nc2ccc([N+](=O)[O-])c(N)n2)n[nH]1.Fc1ccc2c(c1)CCC2. The van der Waals surface area contributed by atoms with Gasteiger partial charge in [0.2, 0.25) is 5.82 Å². The minimum atomic E-state index is -0.579. The average Bonchev–Trinajstić information content (AvgIpc) is 3.23. The van der Waals surface area contributed by atoms with E-state index in [2.05, 4.69) is 20.5 Å². The smallest absolute Gasteiger partial charge is 0.311 e. The van der Waals surface area contributed by atoms with E-state index in [1.807, 2.05) is 13.0 Å². The molecule has 0 fully saturated rings. The van der Waals surface area contributed by atoms with Crippen molar-refractivity contribution < 1.29 is 9.31 Å². The van der Waals surface area contributed by atoms with Crippen LogP contribution in [0.4, 0.5) is 27.5 Å². The fourth-order valence-corrected chi connectivity index (χ4v) is 2.85. The minimum absolute atomic E-state index is 0.0966. The molecule has 0 bridgehead atoms. The largest absolute Gasteiger partial charge is 0.378 e. The number of aromatic nitrogens is 3. The number of rotatable bonds is 3. The first-order chi connectivity index (χ1) is 12.9. The van der Waals surface area contributed by atoms with Crippen LogP contribution in [0.5, 0.6) is 0 Å². The van der Waals surface area contributed by atoms with Gasteiger partial charge in [-0.05, 0) is 55.5 Å². The van der Waals surface area contributed by atoms with E-state index >= 15 is 0 Å². The van der Waals surface area contributed by atoms with Crippen molar-refractivity contribution in [2.45, 2.75) is 26.2 Å². The van der Waals surface area contributed by atoms with E-state index in [0.29, 0.717) is 11.6 Å². The fourth-order valence-electron chi connectivity index (χ4n) is 2.85. The van der Waals surface area contributed by atoms with E-state index < -0.39 is 4.92 Å². The molecule has 0 unspecified atom stereocenters. The maximum Gasteiger partial charge on any atom is 0.311 e. The molecule has 2 aromatic heterocycles. The molecule has 0 aliphatic heterocycles. The molecule has 140 valence electrons. The number of nitrogen functional groups attached to an aromatic ring is 1. The summed E-state index contributed by atoms with van der Waals surface area (Å²) in [5, 5.41) is 20.1. The highest BCUT2D eigenvalue weighted by atomic mass is 19.1. The Kier molecular flexibility index (Phi) is 5.30. The summed E-state index contributed by atoms with van der Waals surface area (Å²) >= 11 is 0. The number of H-pyrrole nitrogens is 1. The zero-order valence-corrected chi connectivity index (χ0v) is 14.7. The lowest BCUT2D eigenvalue weighted by Crippen LogP contribution is -2.01. The Bertz CT molecular complexity index is 972. The number of halogens is 1. The van der Waals surface area contributed by atoms with Crippen LogP contribution < -0.4 is 11.1 Å². The van der Waals surface area contributed by atoms with Gasteiger partial charge in [0.1, 0.15) is 11.6 Å². The van der Waals surface area contributed by atoms with E-state index in [9.17, 15) is 14.5 Å². The van der Waals surface area contributed by atoms with Gasteiger partial charge in [0.25, 0.3) is 0 Å². The van der Waals surface area contributed by atoms with Crippen molar-refractivity contribution >= 4 is 23.1 Å². The molecule has 27 heavy (non-hydrogen) atoms. The molecule has 0 saturated carbocycles. The molecule has 0 radical (unpaired) electrons. The molecule has 0 amide bonds. The van der Waals surface area contributed by atoms with Crippen LogP contribution in [-0.4, -0.2) is 20.1 Å². The fraction of sp³-hybridized carbons (Fsp3) is 0.222. The summed E-state index contributed by atoms with van der Waals surface area (Å²) in [6.45, 7) is 1.86. The Balaban J connectivity index is 0.000000177. The lowest BCUT2D eigenvalue weighted by atomic mass is 10.1. The minimum Gasteiger partial charge on any atom is -0.378 e. The summed E-state index contributed by atoms with van der Waals surface area (Å²) < 4.78 is 12.6. The lowest BCUT2D eigenvalue weighted by Gasteiger charge is -2.02. The third-order valence-electron chi connectivity index (χ3n) is 4.12. The van der Waals surface area contributed by atoms with Crippen LogP contribution in [-0.2, 0) is 12.8 Å². The van der Waals surface area contributed by atoms with Gasteiger partial charge in [0.15, 0.2) is 5.82 Å². The molecule has 8 nitrogen and oxygen atoms in total. The molecular formula is C18H19FN6O2. The molecule has 0 atom stereocenters. The van der Waals surface area contributed by atoms with Crippen LogP contribution in [0, 0.1) is 22.9 Å². The van der Waals surface area contributed by atoms with E-state index in [1.165, 1.54) is 29.7 Å². The molecule has 0 saturated heterocycles. The van der Waals surface area contributed by atoms with Crippen molar-refractivity contribution in [3.63, 3.8) is 0 Å². The first kappa shape index (κ1) is 18.3. The molecule has 2 heterocycles. The Morgan fingerprint density at radius 1 is 1.19 bits per heavy atom. The van der Waals surface area contributed by atoms with Crippen LogP contribution in [0.25, 0.3) is 0 Å². The maximum absolute atomic E-state index is 12.6. The van der Waals surface area contributed by atoms with E-state index in [4.69, 9.17) is 5.73 Å². The summed E-state index contributed by atoms with van der Waals surface area (Å²) in [5.74, 6) is 0.746. The van der Waals surface area contributed by atoms with Crippen LogP contribution in [0.3, 0.4) is 0 Å². The topological polar surface area (TPSA) is 123 Å². The Hall–Kier alpha value is -3.49. The molecule has 4 N–H and O–H groups in total. The quantitative estimate of drug-likeness (QED) is 0.477. The highest BCUT2D eigenvalue weighted by molar-refractivity contribution is 5.60. The average molecular weight is 370 g/mol. The Morgan fingerprint density at radius 2 is 1.96 bits per heavy atom. The van der Waals surface area contributed by atoms with Gasteiger partial charge in [-0.25, -0.2) is 9.37 Å². The van der Waals surface area contributed by atoms with Gasteiger partial charge in [-0.2, -0.15) is 5.10 Å². The number of anilines is 3. The van der Waals surface area contributed by atoms with Gasteiger partial charge in [0, 0.05) is 17.8 Å². The number of hydrogen-bond acceptors (Lipinski definition) is 6.